The van der Waals surface area contributed by atoms with E-state index in [0.717, 1.165) is 45.2 Å². The minimum absolute atomic E-state index is 0.119. The highest BCUT2D eigenvalue weighted by Gasteiger charge is 2.29. The highest BCUT2D eigenvalue weighted by atomic mass is 32.2. The number of amides is 1. The molecule has 0 radical (unpaired) electrons. The van der Waals surface area contributed by atoms with Gasteiger partial charge in [-0.1, -0.05) is 50.6 Å². The highest BCUT2D eigenvalue weighted by Crippen LogP contribution is 2.30. The minimum Gasteiger partial charge on any atom is -0.342 e. The highest BCUT2D eigenvalue weighted by molar-refractivity contribution is 8.00. The van der Waals surface area contributed by atoms with E-state index in [1.54, 1.807) is 24.3 Å². The molecule has 7 heteroatoms. The van der Waals surface area contributed by atoms with Gasteiger partial charge in [-0.2, -0.15) is 0 Å². The summed E-state index contributed by atoms with van der Waals surface area (Å²) in [5.41, 5.74) is 0.913. The molecule has 1 aliphatic rings. The molecule has 2 heterocycles. The van der Waals surface area contributed by atoms with Gasteiger partial charge >= 0.3 is 0 Å². The van der Waals surface area contributed by atoms with E-state index in [2.05, 4.69) is 13.8 Å². The topological polar surface area (TPSA) is 55.2 Å². The minimum atomic E-state index is -0.370. The Kier molecular flexibility index (Phi) is 7.48. The van der Waals surface area contributed by atoms with Crippen molar-refractivity contribution in [3.63, 3.8) is 0 Å². The van der Waals surface area contributed by atoms with Crippen molar-refractivity contribution in [2.45, 2.75) is 56.4 Å². The molecule has 0 bridgehead atoms. The summed E-state index contributed by atoms with van der Waals surface area (Å²) in [4.78, 5) is 33.7. The molecule has 1 saturated heterocycles. The Balaban J connectivity index is 1.75. The van der Waals surface area contributed by atoms with Crippen LogP contribution in [0.3, 0.4) is 0 Å². The number of hydrogen-bond acceptors (Lipinski definition) is 4. The first kappa shape index (κ1) is 23.5. The van der Waals surface area contributed by atoms with Gasteiger partial charge in [0.05, 0.1) is 21.8 Å². The van der Waals surface area contributed by atoms with Crippen LogP contribution in [-0.2, 0) is 4.79 Å². The average molecular weight is 468 g/mol. The number of likely N-dealkylation sites (tertiary alicyclic amines) is 1. The first-order valence-corrected chi connectivity index (χ1v) is 12.6. The quantitative estimate of drug-likeness (QED) is 0.343. The molecule has 1 aliphatic heterocycles. The maximum absolute atomic E-state index is 13.6. The molecule has 0 saturated carbocycles. The predicted octanol–water partition coefficient (Wildman–Crippen LogP) is 5.43. The lowest BCUT2D eigenvalue weighted by Crippen LogP contribution is -2.42. The summed E-state index contributed by atoms with van der Waals surface area (Å²) in [6.07, 6.45) is 4.66. The van der Waals surface area contributed by atoms with Crippen LogP contribution in [0.1, 0.15) is 46.0 Å². The number of rotatable bonds is 7. The molecule has 0 spiro atoms. The molecule has 174 valence electrons. The fourth-order valence-electron chi connectivity index (χ4n) is 4.19. The Morgan fingerprint density at radius 1 is 1.15 bits per heavy atom. The van der Waals surface area contributed by atoms with Crippen molar-refractivity contribution in [3.8, 4) is 5.69 Å². The lowest BCUT2D eigenvalue weighted by atomic mass is 9.99. The number of thioether (sulfide) groups is 1. The third kappa shape index (κ3) is 5.29. The largest absolute Gasteiger partial charge is 0.342 e. The molecule has 1 amide bonds. The van der Waals surface area contributed by atoms with Crippen LogP contribution in [-0.4, -0.2) is 38.7 Å². The first-order chi connectivity index (χ1) is 16.0. The normalized spacial score (nSPS) is 15.7. The predicted molar refractivity (Wildman–Crippen MR) is 131 cm³/mol. The number of unbranched alkanes of at least 4 members (excludes halogenated alkanes) is 1. The van der Waals surface area contributed by atoms with Gasteiger partial charge in [0.25, 0.3) is 5.56 Å². The van der Waals surface area contributed by atoms with Crippen molar-refractivity contribution in [1.29, 1.82) is 0 Å². The third-order valence-electron chi connectivity index (χ3n) is 6.27. The van der Waals surface area contributed by atoms with Gasteiger partial charge in [-0.05, 0) is 61.6 Å². The fraction of sp³-hybridized carbons (Fsp3) is 0.423. The van der Waals surface area contributed by atoms with E-state index in [1.807, 2.05) is 17.0 Å². The Bertz CT molecular complexity index is 1170. The lowest BCUT2D eigenvalue weighted by Gasteiger charge is -2.33. The zero-order valence-electron chi connectivity index (χ0n) is 19.2. The summed E-state index contributed by atoms with van der Waals surface area (Å²) in [6, 6.07) is 13.0. The Morgan fingerprint density at radius 2 is 1.85 bits per heavy atom. The molecule has 33 heavy (non-hydrogen) atoms. The van der Waals surface area contributed by atoms with Gasteiger partial charge in [0.1, 0.15) is 5.82 Å². The molecule has 1 aromatic heterocycles. The number of halogens is 1. The van der Waals surface area contributed by atoms with E-state index in [1.165, 1.54) is 28.5 Å². The summed E-state index contributed by atoms with van der Waals surface area (Å²) in [5.74, 6) is 0.389. The number of aromatic nitrogens is 2. The summed E-state index contributed by atoms with van der Waals surface area (Å²) in [6.45, 7) is 5.89. The number of benzene rings is 2. The van der Waals surface area contributed by atoms with E-state index < -0.39 is 0 Å². The van der Waals surface area contributed by atoms with Crippen LogP contribution in [0.2, 0.25) is 0 Å². The van der Waals surface area contributed by atoms with Gasteiger partial charge in [-0.25, -0.2) is 9.37 Å². The average Bonchev–Trinajstić information content (AvgIpc) is 2.83. The molecule has 1 unspecified atom stereocenters. The summed E-state index contributed by atoms with van der Waals surface area (Å²) < 4.78 is 15.1. The number of hydrogen-bond donors (Lipinski definition) is 0. The SMILES string of the molecule is CCCCC(Sc1nc2ccccc2c(=O)n1-c1ccc(F)cc1)C(=O)N1CCC(C)CC1. The van der Waals surface area contributed by atoms with E-state index in [0.29, 0.717) is 27.7 Å². The van der Waals surface area contributed by atoms with Crippen LogP contribution in [0.15, 0.2) is 58.5 Å². The van der Waals surface area contributed by atoms with E-state index in [-0.39, 0.29) is 22.5 Å². The van der Waals surface area contributed by atoms with Crippen LogP contribution in [0.25, 0.3) is 16.6 Å². The molecular formula is C26H30FN3O2S. The molecule has 0 aliphatic carbocycles. The number of carbonyl (C=O) groups excluding carboxylic acids is 1. The number of para-hydroxylation sites is 1. The van der Waals surface area contributed by atoms with E-state index >= 15 is 0 Å². The summed E-state index contributed by atoms with van der Waals surface area (Å²) in [5, 5.41) is 0.635. The third-order valence-corrected chi connectivity index (χ3v) is 7.47. The smallest absolute Gasteiger partial charge is 0.266 e. The van der Waals surface area contributed by atoms with Gasteiger partial charge < -0.3 is 4.90 Å². The van der Waals surface area contributed by atoms with Crippen molar-refractivity contribution in [1.82, 2.24) is 14.5 Å². The monoisotopic (exact) mass is 467 g/mol. The molecule has 4 rings (SSSR count). The van der Waals surface area contributed by atoms with E-state index in [4.69, 9.17) is 4.98 Å². The number of fused-ring (bicyclic) bond motifs is 1. The summed E-state index contributed by atoms with van der Waals surface area (Å²) in [7, 11) is 0. The maximum Gasteiger partial charge on any atom is 0.266 e. The Hall–Kier alpha value is -2.67. The van der Waals surface area contributed by atoms with Crippen molar-refractivity contribution < 1.29 is 9.18 Å². The van der Waals surface area contributed by atoms with Crippen molar-refractivity contribution >= 4 is 28.6 Å². The van der Waals surface area contributed by atoms with Gasteiger partial charge in [0, 0.05) is 13.1 Å². The zero-order chi connectivity index (χ0) is 23.4. The van der Waals surface area contributed by atoms with Crippen molar-refractivity contribution in [3.05, 3.63) is 64.7 Å². The second kappa shape index (κ2) is 10.5. The molecular weight excluding hydrogens is 437 g/mol. The van der Waals surface area contributed by atoms with Crippen LogP contribution in [0.5, 0.6) is 0 Å². The molecule has 1 fully saturated rings. The maximum atomic E-state index is 13.6. The van der Waals surface area contributed by atoms with Crippen LogP contribution in [0.4, 0.5) is 4.39 Å². The van der Waals surface area contributed by atoms with Crippen molar-refractivity contribution in [2.24, 2.45) is 5.92 Å². The van der Waals surface area contributed by atoms with Gasteiger partial charge in [0.2, 0.25) is 5.91 Å². The Labute approximate surface area is 198 Å². The molecule has 5 nitrogen and oxygen atoms in total. The number of piperidine rings is 1. The fourth-order valence-corrected chi connectivity index (χ4v) is 5.43. The van der Waals surface area contributed by atoms with Crippen LogP contribution < -0.4 is 5.56 Å². The first-order valence-electron chi connectivity index (χ1n) is 11.7. The van der Waals surface area contributed by atoms with Gasteiger partial charge in [-0.15, -0.1) is 0 Å². The zero-order valence-corrected chi connectivity index (χ0v) is 20.0. The number of nitrogens with zero attached hydrogens (tertiary/aromatic N) is 3. The van der Waals surface area contributed by atoms with Crippen LogP contribution >= 0.6 is 11.8 Å². The molecule has 1 atom stereocenters. The standard InChI is InChI=1S/C26H30FN3O2S/c1-3-4-9-23(25(32)29-16-14-18(2)15-17-29)33-26-28-22-8-6-5-7-21(22)24(31)30(26)20-12-10-19(27)11-13-20/h5-8,10-13,18,23H,3-4,9,14-17H2,1-2H3. The second-order valence-electron chi connectivity index (χ2n) is 8.79. The Morgan fingerprint density at radius 3 is 2.55 bits per heavy atom. The van der Waals surface area contributed by atoms with Gasteiger partial charge in [-0.3, -0.25) is 14.2 Å². The van der Waals surface area contributed by atoms with Crippen LogP contribution in [0, 0.1) is 11.7 Å². The van der Waals surface area contributed by atoms with Gasteiger partial charge in [0.15, 0.2) is 5.16 Å². The molecule has 0 N–H and O–H groups in total. The van der Waals surface area contributed by atoms with Crippen molar-refractivity contribution in [2.75, 3.05) is 13.1 Å². The second-order valence-corrected chi connectivity index (χ2v) is 9.95. The molecule has 3 aromatic rings. The van der Waals surface area contributed by atoms with E-state index in [9.17, 15) is 14.0 Å². The molecule has 2 aromatic carbocycles. The lowest BCUT2D eigenvalue weighted by molar-refractivity contribution is -0.132. The number of carbonyl (C=O) groups is 1. The summed E-state index contributed by atoms with van der Waals surface area (Å²) >= 11 is 1.35.